The van der Waals surface area contributed by atoms with Gasteiger partial charge < -0.3 is 0 Å². The Hall–Kier alpha value is -0.280. The van der Waals surface area contributed by atoms with E-state index in [1.807, 2.05) is 6.07 Å². The molecule has 0 aliphatic rings. The molecule has 0 spiro atoms. The van der Waals surface area contributed by atoms with Crippen molar-refractivity contribution in [3.8, 4) is 0 Å². The van der Waals surface area contributed by atoms with E-state index in [0.29, 0.717) is 0 Å². The van der Waals surface area contributed by atoms with Gasteiger partial charge in [0.2, 0.25) is 0 Å². The molecule has 0 radical (unpaired) electrons. The van der Waals surface area contributed by atoms with E-state index in [1.54, 1.807) is 23.9 Å². The number of para-hydroxylation sites is 1. The van der Waals surface area contributed by atoms with Crippen molar-refractivity contribution in [1.82, 2.24) is 0 Å². The van der Waals surface area contributed by atoms with Gasteiger partial charge in [0.05, 0.1) is 5.69 Å². The summed E-state index contributed by atoms with van der Waals surface area (Å²) in [7, 11) is 0. The Morgan fingerprint density at radius 3 is 2.00 bits per heavy atom. The Labute approximate surface area is 76.4 Å². The standard InChI is InChI=1S/C8H11NS2/c1-10-9(11-2)8-6-4-3-5-7-8/h3-7H,1-2H3. The van der Waals surface area contributed by atoms with Gasteiger partial charge in [-0.25, -0.2) is 0 Å². The lowest BCUT2D eigenvalue weighted by molar-refractivity contribution is 1.61. The summed E-state index contributed by atoms with van der Waals surface area (Å²) in [5.74, 6) is 0. The summed E-state index contributed by atoms with van der Waals surface area (Å²) in [6.45, 7) is 0. The molecule has 1 nitrogen and oxygen atoms in total. The van der Waals surface area contributed by atoms with Gasteiger partial charge in [0.25, 0.3) is 0 Å². The molecule has 60 valence electrons. The molecular weight excluding hydrogens is 174 g/mol. The van der Waals surface area contributed by atoms with Crippen molar-refractivity contribution in [3.63, 3.8) is 0 Å². The minimum absolute atomic E-state index is 1.24. The topological polar surface area (TPSA) is 3.24 Å². The molecule has 0 saturated carbocycles. The average Bonchev–Trinajstić information content (AvgIpc) is 2.09. The monoisotopic (exact) mass is 185 g/mol. The quantitative estimate of drug-likeness (QED) is 0.666. The van der Waals surface area contributed by atoms with E-state index in [-0.39, 0.29) is 0 Å². The van der Waals surface area contributed by atoms with Gasteiger partial charge in [0.15, 0.2) is 0 Å². The van der Waals surface area contributed by atoms with Gasteiger partial charge in [0, 0.05) is 12.5 Å². The first kappa shape index (κ1) is 8.81. The van der Waals surface area contributed by atoms with E-state index in [4.69, 9.17) is 0 Å². The van der Waals surface area contributed by atoms with Gasteiger partial charge in [-0.05, 0) is 36.0 Å². The van der Waals surface area contributed by atoms with Crippen LogP contribution in [-0.2, 0) is 0 Å². The van der Waals surface area contributed by atoms with Gasteiger partial charge in [-0.3, -0.25) is 3.71 Å². The van der Waals surface area contributed by atoms with Crippen LogP contribution < -0.4 is 3.71 Å². The van der Waals surface area contributed by atoms with Gasteiger partial charge in [-0.15, -0.1) is 0 Å². The van der Waals surface area contributed by atoms with E-state index in [0.717, 1.165) is 0 Å². The smallest absolute Gasteiger partial charge is 0.0594 e. The molecule has 0 aliphatic heterocycles. The number of nitrogens with zero attached hydrogens (tertiary/aromatic N) is 1. The first-order chi connectivity index (χ1) is 5.38. The van der Waals surface area contributed by atoms with Gasteiger partial charge in [0.1, 0.15) is 0 Å². The van der Waals surface area contributed by atoms with Crippen LogP contribution in [0.4, 0.5) is 5.69 Å². The fourth-order valence-corrected chi connectivity index (χ4v) is 2.10. The van der Waals surface area contributed by atoms with Crippen molar-refractivity contribution in [2.45, 2.75) is 0 Å². The van der Waals surface area contributed by atoms with Gasteiger partial charge >= 0.3 is 0 Å². The second kappa shape index (κ2) is 4.57. The lowest BCUT2D eigenvalue weighted by atomic mass is 10.3. The molecule has 0 atom stereocenters. The molecule has 0 fully saturated rings. The lowest BCUT2D eigenvalue weighted by Gasteiger charge is -2.16. The predicted molar refractivity (Wildman–Crippen MR) is 56.0 cm³/mol. The maximum Gasteiger partial charge on any atom is 0.0594 e. The minimum atomic E-state index is 1.24. The first-order valence-electron chi connectivity index (χ1n) is 3.32. The van der Waals surface area contributed by atoms with Gasteiger partial charge in [-0.2, -0.15) is 0 Å². The number of hydrogen-bond donors (Lipinski definition) is 0. The van der Waals surface area contributed by atoms with E-state index >= 15 is 0 Å². The van der Waals surface area contributed by atoms with Crippen LogP contribution in [0, 0.1) is 0 Å². The maximum atomic E-state index is 2.17. The van der Waals surface area contributed by atoms with Crippen LogP contribution in [0.25, 0.3) is 0 Å². The van der Waals surface area contributed by atoms with Crippen LogP contribution in [0.1, 0.15) is 0 Å². The summed E-state index contributed by atoms with van der Waals surface area (Å²) in [4.78, 5) is 0. The number of hydrogen-bond acceptors (Lipinski definition) is 3. The molecule has 3 heteroatoms. The second-order valence-electron chi connectivity index (χ2n) is 1.96. The van der Waals surface area contributed by atoms with Crippen molar-refractivity contribution in [3.05, 3.63) is 30.3 Å². The van der Waals surface area contributed by atoms with Crippen molar-refractivity contribution in [2.75, 3.05) is 16.2 Å². The molecule has 0 aromatic heterocycles. The molecule has 1 aromatic rings. The van der Waals surface area contributed by atoms with Crippen molar-refractivity contribution < 1.29 is 0 Å². The second-order valence-corrected chi connectivity index (χ2v) is 3.65. The number of anilines is 1. The Balaban J connectivity index is 2.74. The Morgan fingerprint density at radius 1 is 1.00 bits per heavy atom. The summed E-state index contributed by atoms with van der Waals surface area (Å²) in [5, 5.41) is 0. The molecule has 0 N–H and O–H groups in total. The van der Waals surface area contributed by atoms with Gasteiger partial charge in [-0.1, -0.05) is 18.2 Å². The number of benzene rings is 1. The highest BCUT2D eigenvalue weighted by molar-refractivity contribution is 8.17. The predicted octanol–water partition coefficient (Wildman–Crippen LogP) is 3.05. The largest absolute Gasteiger partial charge is 0.259 e. The third-order valence-corrected chi connectivity index (χ3v) is 3.28. The third kappa shape index (κ3) is 2.34. The molecule has 0 heterocycles. The third-order valence-electron chi connectivity index (χ3n) is 1.30. The minimum Gasteiger partial charge on any atom is -0.259 e. The molecular formula is C8H11NS2. The van der Waals surface area contributed by atoms with E-state index in [2.05, 4.69) is 40.5 Å². The maximum absolute atomic E-state index is 2.17. The summed E-state index contributed by atoms with van der Waals surface area (Å²) in [6, 6.07) is 10.3. The highest BCUT2D eigenvalue weighted by Gasteiger charge is 1.99. The normalized spacial score (nSPS) is 9.64. The van der Waals surface area contributed by atoms with E-state index in [1.165, 1.54) is 5.69 Å². The highest BCUT2D eigenvalue weighted by atomic mass is 32.2. The van der Waals surface area contributed by atoms with Crippen LogP contribution in [0.2, 0.25) is 0 Å². The summed E-state index contributed by atoms with van der Waals surface area (Å²) >= 11 is 3.44. The van der Waals surface area contributed by atoms with E-state index in [9.17, 15) is 0 Å². The van der Waals surface area contributed by atoms with Crippen molar-refractivity contribution in [2.24, 2.45) is 0 Å². The molecule has 0 bridgehead atoms. The zero-order chi connectivity index (χ0) is 8.10. The SMILES string of the molecule is CSN(SC)c1ccccc1. The van der Waals surface area contributed by atoms with Crippen LogP contribution in [0.3, 0.4) is 0 Å². The molecule has 0 saturated heterocycles. The summed E-state index contributed by atoms with van der Waals surface area (Å²) in [6.07, 6.45) is 4.15. The molecule has 0 unspecified atom stereocenters. The summed E-state index contributed by atoms with van der Waals surface area (Å²) in [5.41, 5.74) is 1.24. The van der Waals surface area contributed by atoms with Crippen LogP contribution in [-0.4, -0.2) is 12.5 Å². The first-order valence-corrected chi connectivity index (χ1v) is 5.68. The molecule has 1 aromatic carbocycles. The fourth-order valence-electron chi connectivity index (χ4n) is 0.835. The molecule has 0 amide bonds. The molecule has 0 aliphatic carbocycles. The van der Waals surface area contributed by atoms with Crippen LogP contribution in [0.5, 0.6) is 0 Å². The fraction of sp³-hybridized carbons (Fsp3) is 0.250. The van der Waals surface area contributed by atoms with Crippen LogP contribution in [0.15, 0.2) is 30.3 Å². The lowest BCUT2D eigenvalue weighted by Crippen LogP contribution is -2.00. The van der Waals surface area contributed by atoms with Crippen molar-refractivity contribution >= 4 is 29.6 Å². The Kier molecular flexibility index (Phi) is 3.66. The zero-order valence-corrected chi connectivity index (χ0v) is 8.28. The van der Waals surface area contributed by atoms with Crippen LogP contribution >= 0.6 is 23.9 Å². The zero-order valence-electron chi connectivity index (χ0n) is 6.65. The van der Waals surface area contributed by atoms with E-state index < -0.39 is 0 Å². The summed E-state index contributed by atoms with van der Waals surface area (Å²) < 4.78 is 2.17. The molecule has 1 rings (SSSR count). The molecule has 11 heavy (non-hydrogen) atoms. The number of rotatable bonds is 3. The average molecular weight is 185 g/mol. The Bertz CT molecular complexity index is 197. The highest BCUT2D eigenvalue weighted by Crippen LogP contribution is 2.26. The Morgan fingerprint density at radius 2 is 1.55 bits per heavy atom. The van der Waals surface area contributed by atoms with Crippen molar-refractivity contribution in [1.29, 1.82) is 0 Å².